The number of cyclic esters (lactones) is 1. The number of amides is 2. The summed E-state index contributed by atoms with van der Waals surface area (Å²) in [6.07, 6.45) is -0.391. The van der Waals surface area contributed by atoms with Gasteiger partial charge in [-0.15, -0.1) is 0 Å². The molecule has 1 atom stereocenters. The van der Waals surface area contributed by atoms with E-state index >= 15 is 0 Å². The van der Waals surface area contributed by atoms with Crippen molar-refractivity contribution in [3.8, 4) is 0 Å². The number of aryl methyl sites for hydroxylation is 3. The van der Waals surface area contributed by atoms with Gasteiger partial charge in [0.1, 0.15) is 12.4 Å². The summed E-state index contributed by atoms with van der Waals surface area (Å²) in [5.74, 6) is 1.01. The van der Waals surface area contributed by atoms with E-state index in [2.05, 4.69) is 24.8 Å². The van der Waals surface area contributed by atoms with Crippen LogP contribution in [0.4, 0.5) is 16.3 Å². The van der Waals surface area contributed by atoms with Gasteiger partial charge < -0.3 is 19.3 Å². The molecule has 1 aromatic heterocycles. The Labute approximate surface area is 188 Å². The van der Waals surface area contributed by atoms with Gasteiger partial charge in [0.2, 0.25) is 0 Å². The number of carbonyl (C=O) groups excluding carboxylic acids is 2. The number of nitrogens with zero attached hydrogens (tertiary/aromatic N) is 4. The van der Waals surface area contributed by atoms with E-state index in [1.165, 1.54) is 5.56 Å². The first-order valence-electron chi connectivity index (χ1n) is 10.9. The van der Waals surface area contributed by atoms with Gasteiger partial charge in [-0.3, -0.25) is 9.69 Å². The van der Waals surface area contributed by atoms with Crippen molar-refractivity contribution >= 4 is 23.5 Å². The van der Waals surface area contributed by atoms with Crippen LogP contribution in [0.25, 0.3) is 0 Å². The number of hydrogen-bond acceptors (Lipinski definition) is 6. The van der Waals surface area contributed by atoms with Gasteiger partial charge in [-0.1, -0.05) is 6.07 Å². The van der Waals surface area contributed by atoms with E-state index in [1.54, 1.807) is 36.3 Å². The second-order valence-corrected chi connectivity index (χ2v) is 8.41. The molecule has 0 spiro atoms. The van der Waals surface area contributed by atoms with Crippen LogP contribution in [0.15, 0.2) is 30.3 Å². The first kappa shape index (κ1) is 22.1. The largest absolute Gasteiger partial charge is 0.447 e. The first-order chi connectivity index (χ1) is 15.4. The minimum Gasteiger partial charge on any atom is -0.447 e. The maximum Gasteiger partial charge on any atom is 0.414 e. The number of benzene rings is 1. The van der Waals surface area contributed by atoms with Gasteiger partial charge in [0, 0.05) is 50.2 Å². The molecule has 2 aromatic rings. The maximum absolute atomic E-state index is 13.0. The number of rotatable bonds is 5. The van der Waals surface area contributed by atoms with Crippen molar-refractivity contribution in [2.45, 2.75) is 26.8 Å². The van der Waals surface area contributed by atoms with Gasteiger partial charge >= 0.3 is 6.09 Å². The van der Waals surface area contributed by atoms with Gasteiger partial charge in [0.05, 0.1) is 12.6 Å². The van der Waals surface area contributed by atoms with Gasteiger partial charge in [-0.25, -0.2) is 9.78 Å². The first-order valence-corrected chi connectivity index (χ1v) is 10.9. The lowest BCUT2D eigenvalue weighted by Crippen LogP contribution is -2.49. The molecule has 0 saturated carbocycles. The molecule has 170 valence electrons. The van der Waals surface area contributed by atoms with Crippen molar-refractivity contribution in [1.29, 1.82) is 0 Å². The lowest BCUT2D eigenvalue weighted by atomic mass is 10.1. The van der Waals surface area contributed by atoms with E-state index < -0.39 is 6.09 Å². The Balaban J connectivity index is 1.40. The van der Waals surface area contributed by atoms with Crippen molar-refractivity contribution in [3.63, 3.8) is 0 Å². The lowest BCUT2D eigenvalue weighted by molar-refractivity contribution is 0.0746. The van der Waals surface area contributed by atoms with E-state index in [4.69, 9.17) is 14.5 Å². The molecule has 0 bridgehead atoms. The van der Waals surface area contributed by atoms with Crippen molar-refractivity contribution in [3.05, 3.63) is 52.7 Å². The summed E-state index contributed by atoms with van der Waals surface area (Å²) in [5, 5.41) is 0. The zero-order valence-corrected chi connectivity index (χ0v) is 19.1. The van der Waals surface area contributed by atoms with Crippen LogP contribution >= 0.6 is 0 Å². The standard InChI is InChI=1S/C24H30N4O4/c1-16-13-17(2)22(25-18(16)3)26-9-11-27(12-10-26)23(29)19-5-7-20(8-6-19)28-21(14-31-4)15-32-24(28)30/h5-8,13,21H,9-12,14-15H2,1-4H3. The fourth-order valence-corrected chi connectivity index (χ4v) is 4.31. The molecule has 8 heteroatoms. The number of ether oxygens (including phenoxy) is 2. The zero-order chi connectivity index (χ0) is 22.8. The van der Waals surface area contributed by atoms with E-state index in [-0.39, 0.29) is 11.9 Å². The lowest BCUT2D eigenvalue weighted by Gasteiger charge is -2.36. The highest BCUT2D eigenvalue weighted by Crippen LogP contribution is 2.25. The van der Waals surface area contributed by atoms with Crippen LogP contribution in [0.1, 0.15) is 27.2 Å². The fourth-order valence-electron chi connectivity index (χ4n) is 4.31. The normalized spacial score (nSPS) is 18.8. The number of pyridine rings is 1. The Morgan fingerprint density at radius 3 is 2.44 bits per heavy atom. The Bertz CT molecular complexity index is 1000. The molecule has 2 amide bonds. The predicted octanol–water partition coefficient (Wildman–Crippen LogP) is 2.94. The number of piperazine rings is 1. The maximum atomic E-state index is 13.0. The van der Waals surface area contributed by atoms with E-state index in [1.807, 2.05) is 11.8 Å². The summed E-state index contributed by atoms with van der Waals surface area (Å²) in [6, 6.07) is 9.14. The molecule has 4 rings (SSSR count). The number of aromatic nitrogens is 1. The van der Waals surface area contributed by atoms with E-state index in [0.29, 0.717) is 37.6 Å². The minimum atomic E-state index is -0.391. The molecule has 3 heterocycles. The van der Waals surface area contributed by atoms with Gasteiger partial charge in [0.25, 0.3) is 5.91 Å². The molecule has 2 aliphatic heterocycles. The fraction of sp³-hybridized carbons (Fsp3) is 0.458. The SMILES string of the molecule is COCC1COC(=O)N1c1ccc(C(=O)N2CCN(c3nc(C)c(C)cc3C)CC2)cc1. The highest BCUT2D eigenvalue weighted by Gasteiger charge is 2.34. The summed E-state index contributed by atoms with van der Waals surface area (Å²) in [5.41, 5.74) is 4.71. The van der Waals surface area contributed by atoms with E-state index in [0.717, 1.165) is 30.2 Å². The molecule has 0 aliphatic carbocycles. The topological polar surface area (TPSA) is 75.2 Å². The number of carbonyl (C=O) groups is 2. The number of methoxy groups -OCH3 is 1. The molecule has 0 N–H and O–H groups in total. The molecule has 1 unspecified atom stereocenters. The van der Waals surface area contributed by atoms with Crippen LogP contribution in [-0.4, -0.2) is 74.4 Å². The molecular formula is C24H30N4O4. The van der Waals surface area contributed by atoms with Gasteiger partial charge in [0.15, 0.2) is 0 Å². The summed E-state index contributed by atoms with van der Waals surface area (Å²) in [4.78, 5) is 35.6. The summed E-state index contributed by atoms with van der Waals surface area (Å²) < 4.78 is 10.3. The van der Waals surface area contributed by atoms with Crippen molar-refractivity contribution in [2.24, 2.45) is 0 Å². The highest BCUT2D eigenvalue weighted by atomic mass is 16.6. The highest BCUT2D eigenvalue weighted by molar-refractivity contribution is 5.96. The van der Waals surface area contributed by atoms with Gasteiger partial charge in [-0.05, 0) is 56.2 Å². The van der Waals surface area contributed by atoms with Crippen LogP contribution in [0.3, 0.4) is 0 Å². The van der Waals surface area contributed by atoms with Crippen LogP contribution in [0, 0.1) is 20.8 Å². The third-order valence-electron chi connectivity index (χ3n) is 6.21. The monoisotopic (exact) mass is 438 g/mol. The van der Waals surface area contributed by atoms with Crippen molar-refractivity contribution in [1.82, 2.24) is 9.88 Å². The minimum absolute atomic E-state index is 0.00147. The number of hydrogen-bond donors (Lipinski definition) is 0. The predicted molar refractivity (Wildman–Crippen MR) is 122 cm³/mol. The molecule has 1 aromatic carbocycles. The molecule has 8 nitrogen and oxygen atoms in total. The molecular weight excluding hydrogens is 408 g/mol. The molecule has 2 fully saturated rings. The Kier molecular flexibility index (Phi) is 6.32. The van der Waals surface area contributed by atoms with Crippen LogP contribution < -0.4 is 9.80 Å². The Morgan fingerprint density at radius 2 is 1.78 bits per heavy atom. The average molecular weight is 439 g/mol. The van der Waals surface area contributed by atoms with Crippen LogP contribution in [0.5, 0.6) is 0 Å². The second-order valence-electron chi connectivity index (χ2n) is 8.41. The summed E-state index contributed by atoms with van der Waals surface area (Å²) in [6.45, 7) is 9.66. The Hall–Kier alpha value is -3.13. The Morgan fingerprint density at radius 1 is 1.09 bits per heavy atom. The van der Waals surface area contributed by atoms with Crippen LogP contribution in [-0.2, 0) is 9.47 Å². The number of anilines is 2. The van der Waals surface area contributed by atoms with Crippen LogP contribution in [0.2, 0.25) is 0 Å². The van der Waals surface area contributed by atoms with Crippen molar-refractivity contribution < 1.29 is 19.1 Å². The van der Waals surface area contributed by atoms with Gasteiger partial charge in [-0.2, -0.15) is 0 Å². The summed E-state index contributed by atoms with van der Waals surface area (Å²) in [7, 11) is 1.60. The molecule has 0 radical (unpaired) electrons. The summed E-state index contributed by atoms with van der Waals surface area (Å²) >= 11 is 0. The third-order valence-corrected chi connectivity index (χ3v) is 6.21. The third kappa shape index (κ3) is 4.27. The molecule has 2 saturated heterocycles. The second kappa shape index (κ2) is 9.16. The molecule has 32 heavy (non-hydrogen) atoms. The molecule has 2 aliphatic rings. The van der Waals surface area contributed by atoms with E-state index in [9.17, 15) is 9.59 Å². The average Bonchev–Trinajstić information content (AvgIpc) is 3.16. The quantitative estimate of drug-likeness (QED) is 0.715. The zero-order valence-electron chi connectivity index (χ0n) is 19.1. The smallest absolute Gasteiger partial charge is 0.414 e. The van der Waals surface area contributed by atoms with Crippen molar-refractivity contribution in [2.75, 3.05) is 56.3 Å².